The van der Waals surface area contributed by atoms with Gasteiger partial charge in [-0.15, -0.1) is 0 Å². The van der Waals surface area contributed by atoms with Gasteiger partial charge in [-0.1, -0.05) is 48.5 Å². The fourth-order valence-corrected chi connectivity index (χ4v) is 5.28. The molecule has 2 amide bonds. The second-order valence-corrected chi connectivity index (χ2v) is 9.77. The topological polar surface area (TPSA) is 95.6 Å². The number of nitrogens with one attached hydrogen (secondary N) is 2. The van der Waals surface area contributed by atoms with Crippen LogP contribution in [0, 0.1) is 5.92 Å². The lowest BCUT2D eigenvalue weighted by Gasteiger charge is -2.31. The number of piperidine rings is 1. The summed E-state index contributed by atoms with van der Waals surface area (Å²) in [5.74, 6) is -0.0993. The predicted octanol–water partition coefficient (Wildman–Crippen LogP) is 2.47. The molecular formula is C23H29N3O4S. The molecule has 2 N–H and O–H groups in total. The Balaban J connectivity index is 1.48. The van der Waals surface area contributed by atoms with Gasteiger partial charge in [-0.2, -0.15) is 4.31 Å². The molecule has 3 rings (SSSR count). The first-order chi connectivity index (χ1) is 14.9. The van der Waals surface area contributed by atoms with Crippen molar-refractivity contribution in [2.75, 3.05) is 19.6 Å². The van der Waals surface area contributed by atoms with E-state index in [9.17, 15) is 18.0 Å². The molecule has 2 aromatic carbocycles. The van der Waals surface area contributed by atoms with E-state index < -0.39 is 10.0 Å². The molecule has 1 aliphatic rings. The van der Waals surface area contributed by atoms with E-state index in [1.165, 1.54) is 11.2 Å². The first-order valence-corrected chi connectivity index (χ1v) is 11.9. The SMILES string of the molecule is CC(=O)NC(CC(=O)NCC1CCN(S(=O)(=O)c2ccccc2)CC1)c1ccccc1. The van der Waals surface area contributed by atoms with Crippen molar-refractivity contribution in [3.63, 3.8) is 0 Å². The van der Waals surface area contributed by atoms with Crippen molar-refractivity contribution in [2.24, 2.45) is 5.92 Å². The third kappa shape index (κ3) is 6.38. The monoisotopic (exact) mass is 443 g/mol. The van der Waals surface area contributed by atoms with Crippen LogP contribution >= 0.6 is 0 Å². The third-order valence-electron chi connectivity index (χ3n) is 5.51. The molecule has 1 saturated heterocycles. The maximum Gasteiger partial charge on any atom is 0.243 e. The van der Waals surface area contributed by atoms with Crippen LogP contribution in [0.2, 0.25) is 0 Å². The Morgan fingerprint density at radius 2 is 1.58 bits per heavy atom. The number of nitrogens with zero attached hydrogens (tertiary/aromatic N) is 1. The third-order valence-corrected chi connectivity index (χ3v) is 7.42. The van der Waals surface area contributed by atoms with Crippen LogP contribution in [0.25, 0.3) is 0 Å². The van der Waals surface area contributed by atoms with E-state index in [0.29, 0.717) is 37.4 Å². The van der Waals surface area contributed by atoms with Crippen LogP contribution < -0.4 is 10.6 Å². The summed E-state index contributed by atoms with van der Waals surface area (Å²) in [5, 5.41) is 5.78. The van der Waals surface area contributed by atoms with E-state index in [1.807, 2.05) is 30.3 Å². The number of hydrogen-bond acceptors (Lipinski definition) is 4. The van der Waals surface area contributed by atoms with Gasteiger partial charge in [0, 0.05) is 26.6 Å². The maximum absolute atomic E-state index is 12.7. The van der Waals surface area contributed by atoms with Gasteiger partial charge in [0.2, 0.25) is 21.8 Å². The molecule has 1 aliphatic heterocycles. The Labute approximate surface area is 183 Å². The molecule has 0 aliphatic carbocycles. The van der Waals surface area contributed by atoms with Crippen LogP contribution in [0.5, 0.6) is 0 Å². The summed E-state index contributed by atoms with van der Waals surface area (Å²) in [5.41, 5.74) is 0.882. The van der Waals surface area contributed by atoms with Gasteiger partial charge in [0.05, 0.1) is 17.4 Å². The highest BCUT2D eigenvalue weighted by atomic mass is 32.2. The highest BCUT2D eigenvalue weighted by molar-refractivity contribution is 7.89. The standard InChI is InChI=1S/C23H29N3O4S/c1-18(27)25-22(20-8-4-2-5-9-20)16-23(28)24-17-19-12-14-26(15-13-19)31(29,30)21-10-6-3-7-11-21/h2-11,19,22H,12-17H2,1H3,(H,24,28)(H,25,27). The summed E-state index contributed by atoms with van der Waals surface area (Å²) < 4.78 is 27.0. The predicted molar refractivity (Wildman–Crippen MR) is 119 cm³/mol. The van der Waals surface area contributed by atoms with Crippen LogP contribution in [-0.2, 0) is 19.6 Å². The first-order valence-electron chi connectivity index (χ1n) is 10.5. The Morgan fingerprint density at radius 3 is 2.16 bits per heavy atom. The second-order valence-electron chi connectivity index (χ2n) is 7.83. The summed E-state index contributed by atoms with van der Waals surface area (Å²) >= 11 is 0. The number of amides is 2. The average Bonchev–Trinajstić information content (AvgIpc) is 2.78. The minimum atomic E-state index is -3.47. The van der Waals surface area contributed by atoms with E-state index in [0.717, 1.165) is 5.56 Å². The highest BCUT2D eigenvalue weighted by Gasteiger charge is 2.29. The molecule has 1 fully saturated rings. The lowest BCUT2D eigenvalue weighted by atomic mass is 9.98. The molecule has 0 spiro atoms. The zero-order valence-corrected chi connectivity index (χ0v) is 18.5. The minimum absolute atomic E-state index is 0.137. The Hall–Kier alpha value is -2.71. The van der Waals surface area contributed by atoms with Crippen molar-refractivity contribution >= 4 is 21.8 Å². The lowest BCUT2D eigenvalue weighted by Crippen LogP contribution is -2.42. The van der Waals surface area contributed by atoms with Gasteiger partial charge < -0.3 is 10.6 Å². The summed E-state index contributed by atoms with van der Waals surface area (Å²) in [6.07, 6.45) is 1.55. The van der Waals surface area contributed by atoms with Crippen LogP contribution in [0.3, 0.4) is 0 Å². The normalized spacial score (nSPS) is 16.4. The van der Waals surface area contributed by atoms with Crippen molar-refractivity contribution < 1.29 is 18.0 Å². The largest absolute Gasteiger partial charge is 0.356 e. The molecule has 0 radical (unpaired) electrons. The molecule has 7 nitrogen and oxygen atoms in total. The number of hydrogen-bond donors (Lipinski definition) is 2. The Kier molecular flexibility index (Phi) is 7.81. The van der Waals surface area contributed by atoms with Gasteiger partial charge in [-0.05, 0) is 36.5 Å². The van der Waals surface area contributed by atoms with E-state index in [4.69, 9.17) is 0 Å². The molecular weight excluding hydrogens is 414 g/mol. The summed E-state index contributed by atoms with van der Waals surface area (Å²) in [6.45, 7) is 2.82. The van der Waals surface area contributed by atoms with Gasteiger partial charge in [0.1, 0.15) is 0 Å². The van der Waals surface area contributed by atoms with Crippen molar-refractivity contribution in [3.8, 4) is 0 Å². The highest BCUT2D eigenvalue weighted by Crippen LogP contribution is 2.23. The number of rotatable bonds is 8. The molecule has 1 unspecified atom stereocenters. The molecule has 31 heavy (non-hydrogen) atoms. The van der Waals surface area contributed by atoms with Crippen molar-refractivity contribution in [1.29, 1.82) is 0 Å². The fraction of sp³-hybridized carbons (Fsp3) is 0.391. The molecule has 2 aromatic rings. The summed E-state index contributed by atoms with van der Waals surface area (Å²) in [7, 11) is -3.47. The number of sulfonamides is 1. The molecule has 0 bridgehead atoms. The van der Waals surface area contributed by atoms with Gasteiger partial charge >= 0.3 is 0 Å². The Bertz CT molecular complexity index is 972. The molecule has 1 heterocycles. The van der Waals surface area contributed by atoms with E-state index >= 15 is 0 Å². The zero-order chi connectivity index (χ0) is 22.3. The van der Waals surface area contributed by atoms with Crippen LogP contribution in [0.1, 0.15) is 37.8 Å². The smallest absolute Gasteiger partial charge is 0.243 e. The zero-order valence-electron chi connectivity index (χ0n) is 17.7. The van der Waals surface area contributed by atoms with Crippen LogP contribution in [0.4, 0.5) is 0 Å². The van der Waals surface area contributed by atoms with Crippen LogP contribution in [-0.4, -0.2) is 44.2 Å². The fourth-order valence-electron chi connectivity index (χ4n) is 3.79. The van der Waals surface area contributed by atoms with Crippen molar-refractivity contribution in [3.05, 3.63) is 66.2 Å². The van der Waals surface area contributed by atoms with Gasteiger partial charge in [0.25, 0.3) is 0 Å². The van der Waals surface area contributed by atoms with Crippen molar-refractivity contribution in [1.82, 2.24) is 14.9 Å². The molecule has 8 heteroatoms. The lowest BCUT2D eigenvalue weighted by molar-refractivity contribution is -0.123. The second kappa shape index (κ2) is 10.5. The number of benzene rings is 2. The van der Waals surface area contributed by atoms with Gasteiger partial charge in [-0.25, -0.2) is 8.42 Å². The number of carbonyl (C=O) groups excluding carboxylic acids is 2. The Morgan fingerprint density at radius 1 is 1.00 bits per heavy atom. The van der Waals surface area contributed by atoms with Gasteiger partial charge in [-0.3, -0.25) is 9.59 Å². The summed E-state index contributed by atoms with van der Waals surface area (Å²) in [6, 6.07) is 17.5. The molecule has 166 valence electrons. The van der Waals surface area contributed by atoms with Crippen LogP contribution in [0.15, 0.2) is 65.6 Å². The van der Waals surface area contributed by atoms with Gasteiger partial charge in [0.15, 0.2) is 0 Å². The van der Waals surface area contributed by atoms with Crippen molar-refractivity contribution in [2.45, 2.75) is 37.1 Å². The first kappa shape index (κ1) is 23.0. The molecule has 0 aromatic heterocycles. The van der Waals surface area contributed by atoms with E-state index in [1.54, 1.807) is 30.3 Å². The summed E-state index contributed by atoms with van der Waals surface area (Å²) in [4.78, 5) is 24.3. The quantitative estimate of drug-likeness (QED) is 0.655. The minimum Gasteiger partial charge on any atom is -0.356 e. The number of carbonyl (C=O) groups is 2. The van der Waals surface area contributed by atoms with E-state index in [-0.39, 0.29) is 30.2 Å². The average molecular weight is 444 g/mol. The maximum atomic E-state index is 12.7. The molecule has 1 atom stereocenters. The van der Waals surface area contributed by atoms with E-state index in [2.05, 4.69) is 10.6 Å². The molecule has 0 saturated carbocycles.